The molecule has 0 aliphatic rings. The van der Waals surface area contributed by atoms with Crippen LogP contribution >= 0.6 is 10.7 Å². The molecule has 1 amide bonds. The zero-order chi connectivity index (χ0) is 14.6. The molecule has 0 fully saturated rings. The minimum Gasteiger partial charge on any atom is -0.481 e. The lowest BCUT2D eigenvalue weighted by Gasteiger charge is -2.16. The first-order valence-corrected chi connectivity index (χ1v) is 8.06. The number of benzene rings is 1. The van der Waals surface area contributed by atoms with Crippen LogP contribution in [0.3, 0.4) is 0 Å². The maximum absolute atomic E-state index is 11.5. The van der Waals surface area contributed by atoms with E-state index in [9.17, 15) is 13.2 Å². The van der Waals surface area contributed by atoms with Gasteiger partial charge in [-0.05, 0) is 44.5 Å². The highest BCUT2D eigenvalue weighted by Crippen LogP contribution is 2.24. The average Bonchev–Trinajstić information content (AvgIpc) is 2.30. The van der Waals surface area contributed by atoms with Crippen LogP contribution in [-0.2, 0) is 13.8 Å². The van der Waals surface area contributed by atoms with Gasteiger partial charge in [-0.1, -0.05) is 0 Å². The SMILES string of the molecule is CCNC(=O)C(C)Oc1ccc(S(=O)(=O)Cl)cc1C. The van der Waals surface area contributed by atoms with Gasteiger partial charge in [0.15, 0.2) is 6.10 Å². The molecule has 19 heavy (non-hydrogen) atoms. The summed E-state index contributed by atoms with van der Waals surface area (Å²) in [6.07, 6.45) is -0.655. The van der Waals surface area contributed by atoms with E-state index in [4.69, 9.17) is 15.4 Å². The summed E-state index contributed by atoms with van der Waals surface area (Å²) in [7, 11) is 1.49. The zero-order valence-electron chi connectivity index (χ0n) is 10.9. The Bertz CT molecular complexity index is 571. The smallest absolute Gasteiger partial charge is 0.261 e. The van der Waals surface area contributed by atoms with E-state index >= 15 is 0 Å². The van der Waals surface area contributed by atoms with Crippen molar-refractivity contribution in [1.29, 1.82) is 0 Å². The Kier molecular flexibility index (Phi) is 5.20. The van der Waals surface area contributed by atoms with E-state index < -0.39 is 15.2 Å². The van der Waals surface area contributed by atoms with Crippen LogP contribution < -0.4 is 10.1 Å². The molecule has 0 aromatic heterocycles. The Morgan fingerprint density at radius 1 is 1.47 bits per heavy atom. The van der Waals surface area contributed by atoms with Crippen molar-refractivity contribution in [2.24, 2.45) is 0 Å². The second kappa shape index (κ2) is 6.25. The highest BCUT2D eigenvalue weighted by molar-refractivity contribution is 8.13. The largest absolute Gasteiger partial charge is 0.481 e. The number of carbonyl (C=O) groups is 1. The van der Waals surface area contributed by atoms with E-state index in [-0.39, 0.29) is 10.8 Å². The lowest BCUT2D eigenvalue weighted by molar-refractivity contribution is -0.127. The molecule has 0 bridgehead atoms. The van der Waals surface area contributed by atoms with Gasteiger partial charge in [0.05, 0.1) is 4.90 Å². The number of ether oxygens (including phenoxy) is 1. The molecule has 1 aromatic carbocycles. The fourth-order valence-electron chi connectivity index (χ4n) is 1.47. The summed E-state index contributed by atoms with van der Waals surface area (Å²) in [5.41, 5.74) is 0.595. The number of halogens is 1. The summed E-state index contributed by atoms with van der Waals surface area (Å²) in [4.78, 5) is 11.5. The lowest BCUT2D eigenvalue weighted by atomic mass is 10.2. The van der Waals surface area contributed by atoms with Gasteiger partial charge in [-0.3, -0.25) is 4.79 Å². The third-order valence-electron chi connectivity index (χ3n) is 2.45. The van der Waals surface area contributed by atoms with Crippen LogP contribution in [0.25, 0.3) is 0 Å². The van der Waals surface area contributed by atoms with Crippen molar-refractivity contribution in [3.8, 4) is 5.75 Å². The number of nitrogens with one attached hydrogen (secondary N) is 1. The lowest BCUT2D eigenvalue weighted by Crippen LogP contribution is -2.36. The first kappa shape index (κ1) is 15.8. The van der Waals surface area contributed by atoms with E-state index in [1.165, 1.54) is 18.2 Å². The molecule has 1 unspecified atom stereocenters. The van der Waals surface area contributed by atoms with Crippen LogP contribution in [0.1, 0.15) is 19.4 Å². The van der Waals surface area contributed by atoms with Crippen LogP contribution in [0.2, 0.25) is 0 Å². The van der Waals surface area contributed by atoms with Crippen molar-refractivity contribution >= 4 is 25.6 Å². The summed E-state index contributed by atoms with van der Waals surface area (Å²) in [6.45, 7) is 5.65. The van der Waals surface area contributed by atoms with E-state index in [1.807, 2.05) is 6.92 Å². The van der Waals surface area contributed by atoms with Crippen LogP contribution in [0, 0.1) is 6.92 Å². The van der Waals surface area contributed by atoms with Gasteiger partial charge in [0.25, 0.3) is 15.0 Å². The number of amides is 1. The highest BCUT2D eigenvalue weighted by Gasteiger charge is 2.16. The number of hydrogen-bond donors (Lipinski definition) is 1. The maximum Gasteiger partial charge on any atom is 0.261 e. The van der Waals surface area contributed by atoms with Gasteiger partial charge in [0.1, 0.15) is 5.75 Å². The molecule has 5 nitrogen and oxygen atoms in total. The average molecular weight is 306 g/mol. The van der Waals surface area contributed by atoms with E-state index in [0.717, 1.165) is 0 Å². The molecular weight excluding hydrogens is 290 g/mol. The molecule has 1 atom stereocenters. The summed E-state index contributed by atoms with van der Waals surface area (Å²) in [5, 5.41) is 2.64. The molecule has 0 aliphatic heterocycles. The second-order valence-electron chi connectivity index (χ2n) is 4.02. The van der Waals surface area contributed by atoms with Gasteiger partial charge in [0, 0.05) is 17.2 Å². The number of rotatable bonds is 5. The Morgan fingerprint density at radius 3 is 2.58 bits per heavy atom. The van der Waals surface area contributed by atoms with Crippen molar-refractivity contribution in [3.05, 3.63) is 23.8 Å². The topological polar surface area (TPSA) is 72.5 Å². The van der Waals surface area contributed by atoms with Gasteiger partial charge in [-0.25, -0.2) is 8.42 Å². The third kappa shape index (κ3) is 4.40. The van der Waals surface area contributed by atoms with Gasteiger partial charge in [-0.15, -0.1) is 0 Å². The quantitative estimate of drug-likeness (QED) is 0.842. The van der Waals surface area contributed by atoms with Crippen molar-refractivity contribution in [3.63, 3.8) is 0 Å². The first-order chi connectivity index (χ1) is 8.75. The first-order valence-electron chi connectivity index (χ1n) is 5.75. The molecule has 0 heterocycles. The molecule has 0 aliphatic carbocycles. The number of likely N-dealkylation sites (N-methyl/N-ethyl adjacent to an activating group) is 1. The second-order valence-corrected chi connectivity index (χ2v) is 6.59. The summed E-state index contributed by atoms with van der Waals surface area (Å²) >= 11 is 0. The minimum absolute atomic E-state index is 0.00433. The monoisotopic (exact) mass is 305 g/mol. The normalized spacial score (nSPS) is 12.8. The van der Waals surface area contributed by atoms with Crippen LogP contribution in [-0.4, -0.2) is 27.0 Å². The number of carbonyl (C=O) groups excluding carboxylic acids is 1. The Balaban J connectivity index is 2.89. The summed E-state index contributed by atoms with van der Waals surface area (Å²) in [6, 6.07) is 4.23. The molecule has 7 heteroatoms. The molecule has 1 rings (SSSR count). The highest BCUT2D eigenvalue weighted by atomic mass is 35.7. The number of hydrogen-bond acceptors (Lipinski definition) is 4. The zero-order valence-corrected chi connectivity index (χ0v) is 12.5. The van der Waals surface area contributed by atoms with Gasteiger partial charge < -0.3 is 10.1 Å². The Hall–Kier alpha value is -1.27. The van der Waals surface area contributed by atoms with Gasteiger partial charge in [0.2, 0.25) is 0 Å². The maximum atomic E-state index is 11.5. The molecule has 0 spiro atoms. The molecule has 0 saturated carbocycles. The molecule has 0 saturated heterocycles. The molecule has 1 N–H and O–H groups in total. The summed E-state index contributed by atoms with van der Waals surface area (Å²) in [5.74, 6) is 0.221. The van der Waals surface area contributed by atoms with Gasteiger partial charge in [-0.2, -0.15) is 0 Å². The standard InChI is InChI=1S/C12H16ClNO4S/c1-4-14-12(15)9(3)18-11-6-5-10(7-8(11)2)19(13,16)17/h5-7,9H,4H2,1-3H3,(H,14,15). The van der Waals surface area contributed by atoms with Crippen LogP contribution in [0.5, 0.6) is 5.75 Å². The van der Waals surface area contributed by atoms with E-state index in [2.05, 4.69) is 5.32 Å². The molecule has 0 radical (unpaired) electrons. The summed E-state index contributed by atoms with van der Waals surface area (Å²) < 4.78 is 27.8. The van der Waals surface area contributed by atoms with Crippen molar-refractivity contribution in [1.82, 2.24) is 5.32 Å². The molecule has 106 valence electrons. The fraction of sp³-hybridized carbons (Fsp3) is 0.417. The van der Waals surface area contributed by atoms with Crippen molar-refractivity contribution < 1.29 is 17.9 Å². The van der Waals surface area contributed by atoms with Crippen LogP contribution in [0.15, 0.2) is 23.1 Å². The predicted octanol–water partition coefficient (Wildman–Crippen LogP) is 1.83. The Morgan fingerprint density at radius 2 is 2.11 bits per heavy atom. The fourth-order valence-corrected chi connectivity index (χ4v) is 2.30. The molecular formula is C12H16ClNO4S. The molecule has 1 aromatic rings. The van der Waals surface area contributed by atoms with Crippen molar-refractivity contribution in [2.45, 2.75) is 31.8 Å². The predicted molar refractivity (Wildman–Crippen MR) is 73.0 cm³/mol. The van der Waals surface area contributed by atoms with E-state index in [1.54, 1.807) is 13.8 Å². The van der Waals surface area contributed by atoms with Gasteiger partial charge >= 0.3 is 0 Å². The Labute approximate surface area is 117 Å². The van der Waals surface area contributed by atoms with Crippen molar-refractivity contribution in [2.75, 3.05) is 6.54 Å². The third-order valence-corrected chi connectivity index (χ3v) is 3.80. The van der Waals surface area contributed by atoms with Crippen LogP contribution in [0.4, 0.5) is 0 Å². The minimum atomic E-state index is -3.76. The number of aryl methyl sites for hydroxylation is 1. The van der Waals surface area contributed by atoms with E-state index in [0.29, 0.717) is 17.9 Å².